The van der Waals surface area contributed by atoms with Gasteiger partial charge in [0.05, 0.1) is 41.8 Å². The van der Waals surface area contributed by atoms with E-state index in [-0.39, 0.29) is 98.6 Å². The van der Waals surface area contributed by atoms with Gasteiger partial charge in [0.25, 0.3) is 29.8 Å². The predicted octanol–water partition coefficient (Wildman–Crippen LogP) is 10.1. The molecule has 0 radical (unpaired) electrons. The summed E-state index contributed by atoms with van der Waals surface area (Å²) in [5, 5.41) is 24.3. The molecule has 4 aromatic heterocycles. The number of hydrogen-bond acceptors (Lipinski definition) is 22. The van der Waals surface area contributed by atoms with Crippen LogP contribution in [0.4, 0.5) is 31.8 Å². The lowest BCUT2D eigenvalue weighted by atomic mass is 10.1. The third-order valence-electron chi connectivity index (χ3n) is 14.4. The molecule has 5 aliphatic rings. The molecule has 0 saturated carbocycles. The molecular weight excluding hydrogens is 1200 g/mol. The number of halogens is 2. The Labute approximate surface area is 494 Å². The second-order valence-corrected chi connectivity index (χ2v) is 28.4. The first-order valence-electron chi connectivity index (χ1n) is 26.5. The van der Waals surface area contributed by atoms with Crippen LogP contribution in [0.15, 0.2) is 147 Å². The van der Waals surface area contributed by atoms with Gasteiger partial charge in [-0.3, -0.25) is 57.8 Å². The number of ether oxygens (including phenoxy) is 3. The van der Waals surface area contributed by atoms with Gasteiger partial charge in [-0.25, -0.2) is 43.2 Å². The first-order chi connectivity index (χ1) is 41.7. The van der Waals surface area contributed by atoms with Crippen molar-refractivity contribution in [1.29, 1.82) is 0 Å². The second kappa shape index (κ2) is 24.9. The molecule has 32 heteroatoms. The van der Waals surface area contributed by atoms with Gasteiger partial charge in [-0.15, -0.1) is 0 Å². The molecule has 0 spiro atoms. The van der Waals surface area contributed by atoms with Crippen molar-refractivity contribution >= 4 is 93.3 Å². The molecule has 0 aliphatic carbocycles. The van der Waals surface area contributed by atoms with Gasteiger partial charge < -0.3 is 23.3 Å². The van der Waals surface area contributed by atoms with Crippen LogP contribution in [0.3, 0.4) is 0 Å². The first-order valence-corrected chi connectivity index (χ1v) is 33.1. The van der Waals surface area contributed by atoms with Crippen molar-refractivity contribution in [3.8, 4) is 0 Å². The molecule has 9 heterocycles. The number of anilines is 2. The topological polar surface area (TPSA) is 304 Å². The third kappa shape index (κ3) is 11.8. The van der Waals surface area contributed by atoms with Crippen LogP contribution < -0.4 is 9.80 Å². The summed E-state index contributed by atoms with van der Waals surface area (Å²) >= 11 is 1.13. The number of nitro groups is 2. The minimum atomic E-state index is -4.75. The summed E-state index contributed by atoms with van der Waals surface area (Å²) in [4.78, 5) is 82.1. The van der Waals surface area contributed by atoms with Gasteiger partial charge in [0.2, 0.25) is 0 Å². The molecular formula is C54H48F2N12O14P2S2. The number of carbonyl (C=O) groups is 2. The maximum Gasteiger partial charge on any atom is 0.389 e. The van der Waals surface area contributed by atoms with Gasteiger partial charge in [0, 0.05) is 65.4 Å². The van der Waals surface area contributed by atoms with E-state index in [0.717, 1.165) is 12.7 Å². The van der Waals surface area contributed by atoms with Crippen LogP contribution in [-0.2, 0) is 48.4 Å². The van der Waals surface area contributed by atoms with Crippen molar-refractivity contribution in [2.75, 3.05) is 42.5 Å². The van der Waals surface area contributed by atoms with Gasteiger partial charge in [-0.1, -0.05) is 96.3 Å². The summed E-state index contributed by atoms with van der Waals surface area (Å²) in [5.74, 6) is -1.75. The molecule has 0 N–H and O–H groups in total. The van der Waals surface area contributed by atoms with Crippen LogP contribution in [0.25, 0.3) is 22.3 Å². The fourth-order valence-electron chi connectivity index (χ4n) is 10.3. The van der Waals surface area contributed by atoms with E-state index in [1.807, 2.05) is 0 Å². The highest BCUT2D eigenvalue weighted by Crippen LogP contribution is 2.66. The predicted molar refractivity (Wildman–Crippen MR) is 309 cm³/mol. The molecule has 13 rings (SSSR count). The number of rotatable bonds is 10. The van der Waals surface area contributed by atoms with E-state index in [1.54, 1.807) is 78.9 Å². The molecule has 2 amide bonds. The fraction of sp³-hybridized carbons (Fsp3) is 0.296. The van der Waals surface area contributed by atoms with E-state index < -0.39 is 104 Å². The molecule has 8 aromatic rings. The van der Waals surface area contributed by atoms with Crippen molar-refractivity contribution in [3.05, 3.63) is 189 Å². The summed E-state index contributed by atoms with van der Waals surface area (Å²) in [5.41, 5.74) is 0.123. The monoisotopic (exact) mass is 1250 g/mol. The molecule has 14 bridgehead atoms. The van der Waals surface area contributed by atoms with Crippen LogP contribution in [0.2, 0.25) is 0 Å². The van der Waals surface area contributed by atoms with Crippen LogP contribution in [0.5, 0.6) is 0 Å². The van der Waals surface area contributed by atoms with Crippen LogP contribution in [-0.4, -0.2) is 130 Å². The number of fused-ring (bicyclic) bond motifs is 12. The molecule has 86 heavy (non-hydrogen) atoms. The standard InChI is InChI=1S/C54H48F2N12O14P2S2/c55-41-45-39-21-24-78-84(76,86-27-36-18-8-10-20-38(36)68(73)74)82-46-40(25-77-32-83(75,81-45)85-26-35-17-7-9-19-37(35)67(71)72)80-54(42(46)56)66-31-62-44-48(58-29-60-50(44)66)64(52(70)34-15-5-2-6-16-34)23-12-11-22-63(51(69)33-13-3-1-4-14-33)47-43-49(59-28-57-47)65(30-61-43)53(41)79-39/h1-20,28-31,39-42,45-46,53-54H,21-27,32H2/b12-11+/t39-,40-,41-,42-,45-,46-,53?,54?,83+,84-/m1/s1. The molecule has 10 atom stereocenters. The maximum absolute atomic E-state index is 17.9. The van der Waals surface area contributed by atoms with Crippen molar-refractivity contribution in [2.24, 2.45) is 0 Å². The van der Waals surface area contributed by atoms with E-state index in [0.29, 0.717) is 22.8 Å². The number of carbonyl (C=O) groups excluding carboxylic acids is 2. The highest BCUT2D eigenvalue weighted by atomic mass is 32.7. The zero-order valence-corrected chi connectivity index (χ0v) is 48.1. The number of nitro benzene ring substituents is 2. The van der Waals surface area contributed by atoms with Crippen LogP contribution >= 0.6 is 36.1 Å². The number of para-hydroxylation sites is 2. The van der Waals surface area contributed by atoms with Gasteiger partial charge in [-0.2, -0.15) is 0 Å². The Hall–Kier alpha value is -7.76. The highest BCUT2D eigenvalue weighted by molar-refractivity contribution is 8.56. The average molecular weight is 1250 g/mol. The Morgan fingerprint density at radius 3 is 1.62 bits per heavy atom. The minimum Gasteiger partial charge on any atom is -0.368 e. The Balaban J connectivity index is 1.01. The largest absolute Gasteiger partial charge is 0.389 e. The van der Waals surface area contributed by atoms with Crippen molar-refractivity contribution in [1.82, 2.24) is 39.0 Å². The van der Waals surface area contributed by atoms with Crippen LogP contribution in [0.1, 0.15) is 50.7 Å². The summed E-state index contributed by atoms with van der Waals surface area (Å²) in [7, 11) is 0. The molecule has 2 unspecified atom stereocenters. The SMILES string of the molecule is O=C(c1ccccc1)N1C/C=C/CN(C(=O)c2ccccc2)c2ncnc3c2ncn3C2O[C@@H]3CCO[P@@](=O)(SCc4ccccc4[N+](=O)[O-])O[C@@H]4[C@@H](COC[P@@](=O)(SCc5ccccc5[N+](=O)[O-])O[C@H]3[C@H]2F)OC([C@@H]4F)n2cnc3c1ncnc32. The lowest BCUT2D eigenvalue weighted by Gasteiger charge is -2.29. The van der Waals surface area contributed by atoms with Gasteiger partial charge in [0.15, 0.2) is 58.8 Å². The second-order valence-electron chi connectivity index (χ2n) is 19.7. The molecule has 4 aromatic carbocycles. The Kier molecular flexibility index (Phi) is 17.0. The van der Waals surface area contributed by atoms with E-state index >= 15 is 17.9 Å². The van der Waals surface area contributed by atoms with Gasteiger partial charge >= 0.3 is 6.80 Å². The smallest absolute Gasteiger partial charge is 0.368 e. The summed E-state index contributed by atoms with van der Waals surface area (Å²) in [6.07, 6.45) is -7.76. The van der Waals surface area contributed by atoms with Gasteiger partial charge in [-0.05, 0) is 35.6 Å². The molecule has 3 fully saturated rings. The number of hydrogen-bond donors (Lipinski definition) is 0. The van der Waals surface area contributed by atoms with Crippen molar-refractivity contribution in [2.45, 2.75) is 67.1 Å². The Bertz CT molecular complexity index is 3760. The number of benzene rings is 4. The fourth-order valence-corrected chi connectivity index (χ4v) is 17.4. The minimum absolute atomic E-state index is 0.00556. The first kappa shape index (κ1) is 58.6. The molecule has 5 aliphatic heterocycles. The zero-order valence-electron chi connectivity index (χ0n) is 44.7. The van der Waals surface area contributed by atoms with Gasteiger partial charge in [0.1, 0.15) is 37.3 Å². The van der Waals surface area contributed by atoms with E-state index in [9.17, 15) is 29.8 Å². The van der Waals surface area contributed by atoms with Crippen molar-refractivity contribution < 1.29 is 65.1 Å². The molecule has 26 nitrogen and oxygen atoms in total. The number of alkyl halides is 2. The zero-order chi connectivity index (χ0) is 59.7. The lowest BCUT2D eigenvalue weighted by molar-refractivity contribution is -0.385. The summed E-state index contributed by atoms with van der Waals surface area (Å²) in [6, 6.07) is 28.0. The number of aromatic nitrogens is 8. The summed E-state index contributed by atoms with van der Waals surface area (Å²) in [6.45, 7) is -10.8. The van der Waals surface area contributed by atoms with Crippen LogP contribution in [0, 0.1) is 20.2 Å². The number of nitrogens with zero attached hydrogens (tertiary/aromatic N) is 12. The molecule has 444 valence electrons. The van der Waals surface area contributed by atoms with E-state index in [1.165, 1.54) is 74.1 Å². The average Bonchev–Trinajstić information content (AvgIpc) is 2.64. The normalized spacial score (nSPS) is 26.6. The summed E-state index contributed by atoms with van der Waals surface area (Å²) < 4.78 is 107. The lowest BCUT2D eigenvalue weighted by Crippen LogP contribution is -2.35. The number of imidazole rings is 2. The highest BCUT2D eigenvalue weighted by Gasteiger charge is 2.54. The molecule has 3 saturated heterocycles. The third-order valence-corrected chi connectivity index (χ3v) is 22.1. The Morgan fingerprint density at radius 1 is 0.616 bits per heavy atom. The Morgan fingerprint density at radius 2 is 1.09 bits per heavy atom. The van der Waals surface area contributed by atoms with E-state index in [2.05, 4.69) is 29.9 Å². The maximum atomic E-state index is 17.9. The number of amides is 2. The quantitative estimate of drug-likeness (QED) is 0.0532. The van der Waals surface area contributed by atoms with E-state index in [4.69, 9.17) is 27.8 Å². The van der Waals surface area contributed by atoms with Crippen molar-refractivity contribution in [3.63, 3.8) is 0 Å².